The first-order chi connectivity index (χ1) is 11.0. The van der Waals surface area contributed by atoms with Crippen LogP contribution >= 0.6 is 11.6 Å². The zero-order valence-corrected chi connectivity index (χ0v) is 13.2. The molecule has 23 heavy (non-hydrogen) atoms. The van der Waals surface area contributed by atoms with Gasteiger partial charge in [0.15, 0.2) is 17.0 Å². The van der Waals surface area contributed by atoms with Crippen molar-refractivity contribution in [2.24, 2.45) is 0 Å². The minimum absolute atomic E-state index is 0.0147. The molecule has 0 atom stereocenters. The number of anilines is 2. The first-order valence-corrected chi connectivity index (χ1v) is 7.25. The summed E-state index contributed by atoms with van der Waals surface area (Å²) in [6.07, 6.45) is 1.67. The molecule has 0 unspecified atom stereocenters. The lowest BCUT2D eigenvalue weighted by Crippen LogP contribution is -2.02. The molecule has 0 fully saturated rings. The molecule has 118 valence electrons. The Balaban J connectivity index is 2.06. The standard InChI is InChI=1S/C14H13ClN6O2/c1-8(2)20-7-16-11-12(18-14(15)19-13(11)20)17-9-4-3-5-10(6-9)21(22)23/h3-8H,1-2H3,(H,17,18,19). The lowest BCUT2D eigenvalue weighted by atomic mass is 10.3. The van der Waals surface area contributed by atoms with Crippen molar-refractivity contribution >= 4 is 40.0 Å². The van der Waals surface area contributed by atoms with Crippen LogP contribution in [-0.4, -0.2) is 24.4 Å². The Bertz CT molecular complexity index is 892. The molecule has 9 heteroatoms. The van der Waals surface area contributed by atoms with Gasteiger partial charge in [-0.2, -0.15) is 9.97 Å². The molecule has 2 aromatic heterocycles. The molecule has 0 spiro atoms. The maximum atomic E-state index is 10.9. The first-order valence-electron chi connectivity index (χ1n) is 6.87. The van der Waals surface area contributed by atoms with Gasteiger partial charge in [0.05, 0.1) is 11.3 Å². The molecule has 0 radical (unpaired) electrons. The number of imidazole rings is 1. The summed E-state index contributed by atoms with van der Waals surface area (Å²) in [7, 11) is 0. The third-order valence-corrected chi connectivity index (χ3v) is 3.44. The number of hydrogen-bond acceptors (Lipinski definition) is 6. The van der Waals surface area contributed by atoms with Gasteiger partial charge in [-0.1, -0.05) is 6.07 Å². The number of nitrogens with one attached hydrogen (secondary N) is 1. The van der Waals surface area contributed by atoms with Crippen molar-refractivity contribution < 1.29 is 4.92 Å². The van der Waals surface area contributed by atoms with Gasteiger partial charge in [-0.3, -0.25) is 10.1 Å². The fourth-order valence-electron chi connectivity index (χ4n) is 2.19. The summed E-state index contributed by atoms with van der Waals surface area (Å²) >= 11 is 5.99. The fraction of sp³-hybridized carbons (Fsp3) is 0.214. The summed E-state index contributed by atoms with van der Waals surface area (Å²) in [5.74, 6) is 0.403. The van der Waals surface area contributed by atoms with E-state index in [0.717, 1.165) is 0 Å². The van der Waals surface area contributed by atoms with E-state index >= 15 is 0 Å². The molecule has 0 aliphatic rings. The molecule has 1 aromatic carbocycles. The van der Waals surface area contributed by atoms with Crippen LogP contribution in [0.4, 0.5) is 17.2 Å². The van der Waals surface area contributed by atoms with Crippen molar-refractivity contribution in [3.63, 3.8) is 0 Å². The largest absolute Gasteiger partial charge is 0.338 e. The molecule has 0 aliphatic carbocycles. The van der Waals surface area contributed by atoms with E-state index in [2.05, 4.69) is 20.3 Å². The maximum Gasteiger partial charge on any atom is 0.271 e. The Morgan fingerprint density at radius 3 is 2.83 bits per heavy atom. The summed E-state index contributed by atoms with van der Waals surface area (Å²) in [5.41, 5.74) is 1.66. The number of non-ortho nitro benzene ring substituents is 1. The van der Waals surface area contributed by atoms with Gasteiger partial charge < -0.3 is 9.88 Å². The predicted octanol–water partition coefficient (Wildman–Crippen LogP) is 3.71. The summed E-state index contributed by atoms with van der Waals surface area (Å²) < 4.78 is 1.88. The number of fused-ring (bicyclic) bond motifs is 1. The quantitative estimate of drug-likeness (QED) is 0.444. The van der Waals surface area contributed by atoms with Crippen LogP contribution in [-0.2, 0) is 0 Å². The van der Waals surface area contributed by atoms with Crippen molar-refractivity contribution in [2.45, 2.75) is 19.9 Å². The van der Waals surface area contributed by atoms with E-state index in [-0.39, 0.29) is 17.0 Å². The van der Waals surface area contributed by atoms with Gasteiger partial charge in [-0.15, -0.1) is 0 Å². The van der Waals surface area contributed by atoms with Gasteiger partial charge >= 0.3 is 0 Å². The van der Waals surface area contributed by atoms with Crippen molar-refractivity contribution in [2.75, 3.05) is 5.32 Å². The Morgan fingerprint density at radius 1 is 1.35 bits per heavy atom. The molecular formula is C14H13ClN6O2. The number of nitro benzene ring substituents is 1. The SMILES string of the molecule is CC(C)n1cnc2c(Nc3cccc([N+](=O)[O-])c3)nc(Cl)nc21. The topological polar surface area (TPSA) is 98.8 Å². The van der Waals surface area contributed by atoms with E-state index in [1.54, 1.807) is 18.5 Å². The highest BCUT2D eigenvalue weighted by Gasteiger charge is 2.15. The average Bonchev–Trinajstić information content (AvgIpc) is 2.91. The van der Waals surface area contributed by atoms with Gasteiger partial charge in [0.1, 0.15) is 0 Å². The zero-order valence-electron chi connectivity index (χ0n) is 12.4. The van der Waals surface area contributed by atoms with Crippen LogP contribution in [0.2, 0.25) is 5.28 Å². The molecule has 8 nitrogen and oxygen atoms in total. The Morgan fingerprint density at radius 2 is 2.13 bits per heavy atom. The van der Waals surface area contributed by atoms with Crippen LogP contribution in [0.25, 0.3) is 11.2 Å². The van der Waals surface area contributed by atoms with Gasteiger partial charge in [0, 0.05) is 23.9 Å². The monoisotopic (exact) mass is 332 g/mol. The van der Waals surface area contributed by atoms with Gasteiger partial charge in [0.25, 0.3) is 5.69 Å². The van der Waals surface area contributed by atoms with Crippen molar-refractivity contribution in [1.82, 2.24) is 19.5 Å². The minimum Gasteiger partial charge on any atom is -0.338 e. The Hall–Kier alpha value is -2.74. The lowest BCUT2D eigenvalue weighted by Gasteiger charge is -2.09. The summed E-state index contributed by atoms with van der Waals surface area (Å²) in [6.45, 7) is 4.01. The van der Waals surface area contributed by atoms with Crippen LogP contribution in [0.15, 0.2) is 30.6 Å². The maximum absolute atomic E-state index is 10.9. The van der Waals surface area contributed by atoms with Crippen LogP contribution in [0.3, 0.4) is 0 Å². The number of nitrogens with zero attached hydrogens (tertiary/aromatic N) is 5. The highest BCUT2D eigenvalue weighted by Crippen LogP contribution is 2.27. The Kier molecular flexibility index (Phi) is 3.83. The van der Waals surface area contributed by atoms with Crippen LogP contribution < -0.4 is 5.32 Å². The van der Waals surface area contributed by atoms with E-state index in [4.69, 9.17) is 11.6 Å². The average molecular weight is 333 g/mol. The Labute approximate surface area is 136 Å². The summed E-state index contributed by atoms with van der Waals surface area (Å²) in [5, 5.41) is 14.0. The molecule has 3 rings (SSSR count). The van der Waals surface area contributed by atoms with Gasteiger partial charge in [-0.05, 0) is 31.5 Å². The number of halogens is 1. The molecule has 1 N–H and O–H groups in total. The normalized spacial score (nSPS) is 11.1. The number of nitro groups is 1. The summed E-state index contributed by atoms with van der Waals surface area (Å²) in [4.78, 5) is 23.1. The number of rotatable bonds is 4. The molecule has 2 heterocycles. The van der Waals surface area contributed by atoms with Crippen molar-refractivity contribution in [3.05, 3.63) is 46.0 Å². The molecule has 3 aromatic rings. The second-order valence-corrected chi connectivity index (χ2v) is 5.53. The van der Waals surface area contributed by atoms with E-state index in [9.17, 15) is 10.1 Å². The smallest absolute Gasteiger partial charge is 0.271 e. The van der Waals surface area contributed by atoms with Crippen molar-refractivity contribution in [3.8, 4) is 0 Å². The third-order valence-electron chi connectivity index (χ3n) is 3.27. The van der Waals surface area contributed by atoms with Crippen LogP contribution in [0, 0.1) is 10.1 Å². The molecule has 0 aliphatic heterocycles. The molecule has 0 saturated heterocycles. The van der Waals surface area contributed by atoms with Gasteiger partial charge in [0.2, 0.25) is 5.28 Å². The van der Waals surface area contributed by atoms with E-state index in [1.165, 1.54) is 12.1 Å². The molecule has 0 amide bonds. The van der Waals surface area contributed by atoms with Crippen LogP contribution in [0.1, 0.15) is 19.9 Å². The van der Waals surface area contributed by atoms with Crippen molar-refractivity contribution in [1.29, 1.82) is 0 Å². The van der Waals surface area contributed by atoms with E-state index < -0.39 is 4.92 Å². The summed E-state index contributed by atoms with van der Waals surface area (Å²) in [6, 6.07) is 6.29. The fourth-order valence-corrected chi connectivity index (χ4v) is 2.35. The highest BCUT2D eigenvalue weighted by atomic mass is 35.5. The lowest BCUT2D eigenvalue weighted by molar-refractivity contribution is -0.384. The van der Waals surface area contributed by atoms with E-state index in [0.29, 0.717) is 22.7 Å². The zero-order chi connectivity index (χ0) is 16.6. The molecule has 0 bridgehead atoms. The number of aromatic nitrogens is 4. The third kappa shape index (κ3) is 2.93. The highest BCUT2D eigenvalue weighted by molar-refractivity contribution is 6.28. The molecular weight excluding hydrogens is 320 g/mol. The second-order valence-electron chi connectivity index (χ2n) is 5.19. The number of hydrogen-bond donors (Lipinski definition) is 1. The van der Waals surface area contributed by atoms with Gasteiger partial charge in [-0.25, -0.2) is 4.98 Å². The first kappa shape index (κ1) is 15.2. The number of benzene rings is 1. The molecule has 0 saturated carbocycles. The predicted molar refractivity (Wildman–Crippen MR) is 87.1 cm³/mol. The van der Waals surface area contributed by atoms with Crippen LogP contribution in [0.5, 0.6) is 0 Å². The minimum atomic E-state index is -0.457. The van der Waals surface area contributed by atoms with E-state index in [1.807, 2.05) is 18.4 Å². The second kappa shape index (κ2) is 5.81.